The second-order valence-electron chi connectivity index (χ2n) is 14.3. The predicted octanol–water partition coefficient (Wildman–Crippen LogP) is 7.30. The molecular weight excluding hydrogens is 408 g/mol. The lowest BCUT2D eigenvalue weighted by Crippen LogP contribution is -2.64. The van der Waals surface area contributed by atoms with Crippen LogP contribution in [0.2, 0.25) is 0 Å². The molecule has 5 aliphatic carbocycles. The molecular formula is C30H46O3. The number of hydrogen-bond acceptors (Lipinski definition) is 2. The Balaban J connectivity index is 1.62. The van der Waals surface area contributed by atoms with Gasteiger partial charge in [-0.1, -0.05) is 60.1 Å². The molecule has 4 fully saturated rings. The molecule has 5 aliphatic rings. The van der Waals surface area contributed by atoms with Crippen LogP contribution in [0.1, 0.15) is 106 Å². The lowest BCUT2D eigenvalue weighted by Gasteiger charge is -2.69. The third kappa shape index (κ3) is 2.69. The van der Waals surface area contributed by atoms with Gasteiger partial charge in [0.2, 0.25) is 0 Å². The maximum Gasteiger partial charge on any atom is 0.310 e. The van der Waals surface area contributed by atoms with Crippen LogP contribution >= 0.6 is 0 Å². The Labute approximate surface area is 201 Å². The Bertz CT molecular complexity index is 914. The molecule has 0 aromatic carbocycles. The van der Waals surface area contributed by atoms with Crippen molar-refractivity contribution in [1.82, 2.24) is 0 Å². The van der Waals surface area contributed by atoms with Gasteiger partial charge in [0.05, 0.1) is 5.41 Å². The highest BCUT2D eigenvalue weighted by molar-refractivity contribution is 5.85. The number of aliphatic carboxylic acids is 1. The van der Waals surface area contributed by atoms with E-state index in [0.29, 0.717) is 29.5 Å². The van der Waals surface area contributed by atoms with Crippen molar-refractivity contribution in [3.8, 4) is 0 Å². The summed E-state index contributed by atoms with van der Waals surface area (Å²) in [6.45, 7) is 16.6. The molecule has 0 unspecified atom stereocenters. The smallest absolute Gasteiger partial charge is 0.310 e. The molecule has 0 aromatic rings. The molecule has 0 heterocycles. The van der Waals surface area contributed by atoms with E-state index < -0.39 is 11.4 Å². The minimum atomic E-state index is -0.552. The van der Waals surface area contributed by atoms with Crippen molar-refractivity contribution < 1.29 is 14.7 Å². The number of Topliss-reactive ketones (excluding diaryl/α,β-unsaturated/α-hetero) is 1. The predicted molar refractivity (Wildman–Crippen MR) is 132 cm³/mol. The Morgan fingerprint density at radius 1 is 0.970 bits per heavy atom. The molecule has 1 N–H and O–H groups in total. The maximum absolute atomic E-state index is 12.9. The van der Waals surface area contributed by atoms with Crippen molar-refractivity contribution in [2.75, 3.05) is 0 Å². The van der Waals surface area contributed by atoms with Crippen molar-refractivity contribution in [3.63, 3.8) is 0 Å². The monoisotopic (exact) mass is 454 g/mol. The highest BCUT2D eigenvalue weighted by Gasteiger charge is 2.70. The SMILES string of the molecule is CC(C)[C@@H]1CC[C@]2(C(=O)O)CC[C@]3(C)C(=CC[C@@H]4[C@@]5(C)CCC(=O)C(C)(C)[C@@H]5CC[C@]43C)[C@@H]12. The Morgan fingerprint density at radius 2 is 1.67 bits per heavy atom. The largest absolute Gasteiger partial charge is 0.481 e. The number of carbonyl (C=O) groups is 2. The highest BCUT2D eigenvalue weighted by Crippen LogP contribution is 2.76. The minimum Gasteiger partial charge on any atom is -0.481 e. The quantitative estimate of drug-likeness (QED) is 0.445. The van der Waals surface area contributed by atoms with Gasteiger partial charge in [0.25, 0.3) is 0 Å². The molecule has 33 heavy (non-hydrogen) atoms. The van der Waals surface area contributed by atoms with Crippen LogP contribution in [-0.4, -0.2) is 16.9 Å². The van der Waals surface area contributed by atoms with Gasteiger partial charge in [-0.05, 0) is 97.2 Å². The van der Waals surface area contributed by atoms with Crippen LogP contribution in [0.3, 0.4) is 0 Å². The van der Waals surface area contributed by atoms with Crippen LogP contribution in [0.15, 0.2) is 11.6 Å². The molecule has 0 aliphatic heterocycles. The van der Waals surface area contributed by atoms with E-state index in [2.05, 4.69) is 54.5 Å². The van der Waals surface area contributed by atoms with E-state index in [1.54, 1.807) is 0 Å². The van der Waals surface area contributed by atoms with E-state index in [9.17, 15) is 14.7 Å². The summed E-state index contributed by atoms with van der Waals surface area (Å²) in [5.74, 6) is 2.13. The zero-order valence-electron chi connectivity index (χ0n) is 22.1. The van der Waals surface area contributed by atoms with E-state index in [-0.39, 0.29) is 27.6 Å². The fourth-order valence-electron chi connectivity index (χ4n) is 10.7. The average Bonchev–Trinajstić information content (AvgIpc) is 3.13. The molecule has 5 rings (SSSR count). The summed E-state index contributed by atoms with van der Waals surface area (Å²) in [7, 11) is 0. The molecule has 184 valence electrons. The van der Waals surface area contributed by atoms with Crippen molar-refractivity contribution in [1.29, 1.82) is 0 Å². The number of carbonyl (C=O) groups excluding carboxylic acids is 1. The number of carboxylic acid groups (broad SMARTS) is 1. The Kier molecular flexibility index (Phi) is 4.99. The number of fused-ring (bicyclic) bond motifs is 7. The van der Waals surface area contributed by atoms with Crippen molar-refractivity contribution >= 4 is 11.8 Å². The molecule has 8 atom stereocenters. The van der Waals surface area contributed by atoms with Gasteiger partial charge in [-0.3, -0.25) is 9.59 Å². The third-order valence-corrected chi connectivity index (χ3v) is 12.9. The summed E-state index contributed by atoms with van der Waals surface area (Å²) in [5, 5.41) is 10.5. The first-order chi connectivity index (χ1) is 15.3. The maximum atomic E-state index is 12.9. The first-order valence-electron chi connectivity index (χ1n) is 13.7. The molecule has 3 nitrogen and oxygen atoms in total. The average molecular weight is 455 g/mol. The summed E-state index contributed by atoms with van der Waals surface area (Å²) >= 11 is 0. The third-order valence-electron chi connectivity index (χ3n) is 12.9. The normalized spacial score (nSPS) is 50.7. The highest BCUT2D eigenvalue weighted by atomic mass is 16.4. The number of hydrogen-bond donors (Lipinski definition) is 1. The zero-order valence-corrected chi connectivity index (χ0v) is 22.1. The fourth-order valence-corrected chi connectivity index (χ4v) is 10.7. The van der Waals surface area contributed by atoms with Gasteiger partial charge >= 0.3 is 5.97 Å². The van der Waals surface area contributed by atoms with Crippen LogP contribution in [0.5, 0.6) is 0 Å². The number of carboxylic acids is 1. The van der Waals surface area contributed by atoms with Gasteiger partial charge in [-0.2, -0.15) is 0 Å². The van der Waals surface area contributed by atoms with Crippen LogP contribution in [-0.2, 0) is 9.59 Å². The molecule has 0 spiro atoms. The van der Waals surface area contributed by atoms with Crippen LogP contribution in [0.25, 0.3) is 0 Å². The van der Waals surface area contributed by atoms with Crippen LogP contribution in [0, 0.1) is 56.7 Å². The summed E-state index contributed by atoms with van der Waals surface area (Å²) < 4.78 is 0. The summed E-state index contributed by atoms with van der Waals surface area (Å²) in [6, 6.07) is 0. The molecule has 0 bridgehead atoms. The van der Waals surface area contributed by atoms with Crippen molar-refractivity contribution in [3.05, 3.63) is 11.6 Å². The zero-order chi connectivity index (χ0) is 24.2. The minimum absolute atomic E-state index is 0.0661. The van der Waals surface area contributed by atoms with Crippen molar-refractivity contribution in [2.24, 2.45) is 56.7 Å². The molecule has 0 saturated heterocycles. The van der Waals surface area contributed by atoms with Crippen LogP contribution < -0.4 is 0 Å². The second kappa shape index (κ2) is 6.97. The molecule has 0 aromatic heterocycles. The lowest BCUT2D eigenvalue weighted by atomic mass is 9.34. The van der Waals surface area contributed by atoms with Gasteiger partial charge in [0, 0.05) is 11.8 Å². The molecule has 3 heteroatoms. The number of ketones is 1. The van der Waals surface area contributed by atoms with Gasteiger partial charge in [-0.25, -0.2) is 0 Å². The first-order valence-corrected chi connectivity index (χ1v) is 13.7. The lowest BCUT2D eigenvalue weighted by molar-refractivity contribution is -0.185. The fraction of sp³-hybridized carbons (Fsp3) is 0.867. The van der Waals surface area contributed by atoms with Crippen molar-refractivity contribution in [2.45, 2.75) is 106 Å². The Morgan fingerprint density at radius 3 is 2.30 bits per heavy atom. The summed E-state index contributed by atoms with van der Waals surface area (Å²) in [6.07, 6.45) is 11.4. The topological polar surface area (TPSA) is 54.4 Å². The van der Waals surface area contributed by atoms with Gasteiger partial charge in [0.15, 0.2) is 0 Å². The standard InChI is InChI=1S/C30H46O3/c1-18(2)19-10-15-30(25(32)33)17-16-28(6)20(24(19)30)8-9-22-27(5)13-12-23(31)26(3,4)21(27)11-14-29(22,28)7/h8,18-19,21-22,24H,9-17H2,1-7H3,(H,32,33)/t19-,21-,22+,24+,27-,28+,29+,30-/m0/s1. The van der Waals surface area contributed by atoms with E-state index >= 15 is 0 Å². The number of rotatable bonds is 2. The first kappa shape index (κ1) is 23.6. The molecule has 0 amide bonds. The summed E-state index contributed by atoms with van der Waals surface area (Å²) in [5.41, 5.74) is 1.16. The Hall–Kier alpha value is -1.12. The van der Waals surface area contributed by atoms with Gasteiger partial charge in [-0.15, -0.1) is 0 Å². The molecule has 0 radical (unpaired) electrons. The van der Waals surface area contributed by atoms with E-state index in [4.69, 9.17) is 0 Å². The second-order valence-corrected chi connectivity index (χ2v) is 14.3. The van der Waals surface area contributed by atoms with E-state index in [0.717, 1.165) is 51.4 Å². The van der Waals surface area contributed by atoms with Gasteiger partial charge < -0.3 is 5.11 Å². The summed E-state index contributed by atoms with van der Waals surface area (Å²) in [4.78, 5) is 25.6. The van der Waals surface area contributed by atoms with E-state index in [1.807, 2.05) is 0 Å². The van der Waals surface area contributed by atoms with Crippen LogP contribution in [0.4, 0.5) is 0 Å². The number of allylic oxidation sites excluding steroid dienone is 2. The molecule has 4 saturated carbocycles. The van der Waals surface area contributed by atoms with E-state index in [1.165, 1.54) is 12.0 Å². The van der Waals surface area contributed by atoms with Gasteiger partial charge in [0.1, 0.15) is 5.78 Å².